The molecular formula is C19H26N4O3. The normalized spacial score (nSPS) is 10.8. The highest BCUT2D eigenvalue weighted by atomic mass is 16.5. The van der Waals surface area contributed by atoms with Gasteiger partial charge in [-0.2, -0.15) is 0 Å². The van der Waals surface area contributed by atoms with E-state index in [0.717, 1.165) is 17.7 Å². The van der Waals surface area contributed by atoms with Crippen molar-refractivity contribution >= 4 is 11.8 Å². The highest BCUT2D eigenvalue weighted by Crippen LogP contribution is 2.22. The summed E-state index contributed by atoms with van der Waals surface area (Å²) in [7, 11) is 3.88. The van der Waals surface area contributed by atoms with Crippen LogP contribution in [0.2, 0.25) is 0 Å². The van der Waals surface area contributed by atoms with E-state index >= 15 is 0 Å². The van der Waals surface area contributed by atoms with Crippen LogP contribution < -0.4 is 10.6 Å². The second-order valence-corrected chi connectivity index (χ2v) is 6.53. The second kappa shape index (κ2) is 9.15. The number of likely N-dealkylation sites (N-methyl/N-ethyl adjacent to an activating group) is 1. The predicted octanol–water partition coefficient (Wildman–Crippen LogP) is 1.76. The fourth-order valence-electron chi connectivity index (χ4n) is 2.30. The number of carbonyl (C=O) groups is 2. The number of benzene rings is 1. The average molecular weight is 358 g/mol. The van der Waals surface area contributed by atoms with Crippen molar-refractivity contribution in [1.29, 1.82) is 0 Å². The standard InChI is InChI=1S/C19H26N4O3/c1-13-5-6-15(11-14(13)2)17-12-16(22-26-17)19(25)21-8-7-18(24)20-9-10-23(3)4/h5-6,11-12H,7-10H2,1-4H3,(H,20,24)(H,21,25). The van der Waals surface area contributed by atoms with E-state index in [1.807, 2.05) is 51.0 Å². The molecule has 7 nitrogen and oxygen atoms in total. The molecule has 2 N–H and O–H groups in total. The fraction of sp³-hybridized carbons (Fsp3) is 0.421. The highest BCUT2D eigenvalue weighted by Gasteiger charge is 2.14. The van der Waals surface area contributed by atoms with Crippen LogP contribution in [0.1, 0.15) is 28.0 Å². The van der Waals surface area contributed by atoms with Crippen molar-refractivity contribution in [3.8, 4) is 11.3 Å². The molecule has 1 aromatic carbocycles. The minimum absolute atomic E-state index is 0.0943. The number of hydrogen-bond donors (Lipinski definition) is 2. The van der Waals surface area contributed by atoms with E-state index < -0.39 is 0 Å². The first-order chi connectivity index (χ1) is 12.4. The third kappa shape index (κ3) is 5.70. The van der Waals surface area contributed by atoms with Gasteiger partial charge in [-0.3, -0.25) is 9.59 Å². The predicted molar refractivity (Wildman–Crippen MR) is 99.9 cm³/mol. The maximum Gasteiger partial charge on any atom is 0.273 e. The van der Waals surface area contributed by atoms with Gasteiger partial charge in [-0.25, -0.2) is 0 Å². The molecule has 0 saturated carbocycles. The molecule has 2 rings (SSSR count). The van der Waals surface area contributed by atoms with Gasteiger partial charge in [0.2, 0.25) is 5.91 Å². The van der Waals surface area contributed by atoms with E-state index in [9.17, 15) is 9.59 Å². The van der Waals surface area contributed by atoms with Crippen LogP contribution in [-0.2, 0) is 4.79 Å². The van der Waals surface area contributed by atoms with E-state index in [1.165, 1.54) is 5.56 Å². The van der Waals surface area contributed by atoms with E-state index in [1.54, 1.807) is 6.07 Å². The molecule has 0 spiro atoms. The minimum atomic E-state index is -0.357. The van der Waals surface area contributed by atoms with Gasteiger partial charge in [0.1, 0.15) is 0 Å². The Hall–Kier alpha value is -2.67. The van der Waals surface area contributed by atoms with Gasteiger partial charge in [0.05, 0.1) is 0 Å². The molecule has 0 aliphatic rings. The number of hydrogen-bond acceptors (Lipinski definition) is 5. The molecule has 2 aromatic rings. The van der Waals surface area contributed by atoms with Gasteiger partial charge in [0.25, 0.3) is 5.91 Å². The summed E-state index contributed by atoms with van der Waals surface area (Å²) in [6.45, 7) is 5.67. The van der Waals surface area contributed by atoms with Crippen molar-refractivity contribution in [3.05, 3.63) is 41.1 Å². The smallest absolute Gasteiger partial charge is 0.273 e. The quantitative estimate of drug-likeness (QED) is 0.751. The molecule has 0 fully saturated rings. The lowest BCUT2D eigenvalue weighted by Gasteiger charge is -2.10. The molecule has 0 aliphatic heterocycles. The summed E-state index contributed by atoms with van der Waals surface area (Å²) in [4.78, 5) is 25.8. The molecule has 0 aliphatic carbocycles. The number of nitrogens with one attached hydrogen (secondary N) is 2. The zero-order chi connectivity index (χ0) is 19.1. The number of aryl methyl sites for hydroxylation is 2. The van der Waals surface area contributed by atoms with Crippen LogP contribution in [0.25, 0.3) is 11.3 Å². The van der Waals surface area contributed by atoms with Gasteiger partial charge >= 0.3 is 0 Å². The van der Waals surface area contributed by atoms with E-state index in [-0.39, 0.29) is 30.5 Å². The lowest BCUT2D eigenvalue weighted by Crippen LogP contribution is -2.34. The summed E-state index contributed by atoms with van der Waals surface area (Å²) >= 11 is 0. The van der Waals surface area contributed by atoms with E-state index in [2.05, 4.69) is 15.8 Å². The maximum absolute atomic E-state index is 12.1. The number of carbonyl (C=O) groups excluding carboxylic acids is 2. The summed E-state index contributed by atoms with van der Waals surface area (Å²) in [6.07, 6.45) is 0.223. The molecule has 0 radical (unpaired) electrons. The van der Waals surface area contributed by atoms with Crippen LogP contribution in [0.5, 0.6) is 0 Å². The molecular weight excluding hydrogens is 332 g/mol. The number of nitrogens with zero attached hydrogens (tertiary/aromatic N) is 2. The lowest BCUT2D eigenvalue weighted by molar-refractivity contribution is -0.120. The summed E-state index contributed by atoms with van der Waals surface area (Å²) in [5.74, 6) is 0.0905. The zero-order valence-corrected chi connectivity index (χ0v) is 15.8. The van der Waals surface area contributed by atoms with Crippen LogP contribution in [0.4, 0.5) is 0 Å². The Morgan fingerprint density at radius 2 is 1.85 bits per heavy atom. The van der Waals surface area contributed by atoms with Gasteiger partial charge in [-0.1, -0.05) is 17.3 Å². The summed E-state index contributed by atoms with van der Waals surface area (Å²) in [5.41, 5.74) is 3.41. The Kier molecular flexibility index (Phi) is 6.91. The largest absolute Gasteiger partial charge is 0.355 e. The van der Waals surface area contributed by atoms with Gasteiger partial charge in [-0.15, -0.1) is 0 Å². The number of aromatic nitrogens is 1. The lowest BCUT2D eigenvalue weighted by atomic mass is 10.0. The van der Waals surface area contributed by atoms with Gasteiger partial charge in [0.15, 0.2) is 11.5 Å². The Bertz CT molecular complexity index is 768. The maximum atomic E-state index is 12.1. The Morgan fingerprint density at radius 3 is 2.54 bits per heavy atom. The molecule has 0 atom stereocenters. The molecule has 26 heavy (non-hydrogen) atoms. The Labute approximate surface area is 153 Å². The summed E-state index contributed by atoms with van der Waals surface area (Å²) in [5, 5.41) is 9.30. The van der Waals surface area contributed by atoms with Crippen molar-refractivity contribution < 1.29 is 14.1 Å². The molecule has 0 saturated heterocycles. The number of amides is 2. The van der Waals surface area contributed by atoms with Crippen molar-refractivity contribution in [2.24, 2.45) is 0 Å². The van der Waals surface area contributed by atoms with Crippen molar-refractivity contribution in [2.45, 2.75) is 20.3 Å². The first-order valence-corrected chi connectivity index (χ1v) is 8.61. The molecule has 1 heterocycles. The first kappa shape index (κ1) is 19.7. The molecule has 0 bridgehead atoms. The second-order valence-electron chi connectivity index (χ2n) is 6.53. The van der Waals surface area contributed by atoms with Crippen LogP contribution in [0.15, 0.2) is 28.8 Å². The van der Waals surface area contributed by atoms with Gasteiger partial charge < -0.3 is 20.1 Å². The average Bonchev–Trinajstić information content (AvgIpc) is 3.07. The van der Waals surface area contributed by atoms with Crippen molar-refractivity contribution in [2.75, 3.05) is 33.7 Å². The zero-order valence-electron chi connectivity index (χ0n) is 15.8. The van der Waals surface area contributed by atoms with Crippen molar-refractivity contribution in [1.82, 2.24) is 20.7 Å². The van der Waals surface area contributed by atoms with E-state index in [0.29, 0.717) is 12.3 Å². The van der Waals surface area contributed by atoms with Crippen LogP contribution in [-0.4, -0.2) is 55.6 Å². The Balaban J connectivity index is 1.82. The van der Waals surface area contributed by atoms with Crippen LogP contribution in [0.3, 0.4) is 0 Å². The summed E-state index contributed by atoms with van der Waals surface area (Å²) < 4.78 is 5.27. The first-order valence-electron chi connectivity index (χ1n) is 8.61. The molecule has 140 valence electrons. The minimum Gasteiger partial charge on any atom is -0.355 e. The summed E-state index contributed by atoms with van der Waals surface area (Å²) in [6, 6.07) is 7.54. The topological polar surface area (TPSA) is 87.5 Å². The fourth-order valence-corrected chi connectivity index (χ4v) is 2.30. The van der Waals surface area contributed by atoms with Gasteiger partial charge in [0, 0.05) is 37.7 Å². The highest BCUT2D eigenvalue weighted by molar-refractivity contribution is 5.93. The SMILES string of the molecule is Cc1ccc(-c2cc(C(=O)NCCC(=O)NCCN(C)C)no2)cc1C. The van der Waals surface area contributed by atoms with Crippen molar-refractivity contribution in [3.63, 3.8) is 0 Å². The van der Waals surface area contributed by atoms with Crippen LogP contribution >= 0.6 is 0 Å². The number of rotatable bonds is 8. The molecule has 1 aromatic heterocycles. The monoisotopic (exact) mass is 358 g/mol. The van der Waals surface area contributed by atoms with E-state index in [4.69, 9.17) is 4.52 Å². The molecule has 0 unspecified atom stereocenters. The Morgan fingerprint density at radius 1 is 1.08 bits per heavy atom. The molecule has 7 heteroatoms. The molecule has 2 amide bonds. The van der Waals surface area contributed by atoms with Gasteiger partial charge in [-0.05, 0) is 45.1 Å². The van der Waals surface area contributed by atoms with Crippen LogP contribution in [0, 0.1) is 13.8 Å². The third-order valence-corrected chi connectivity index (χ3v) is 4.05. The third-order valence-electron chi connectivity index (χ3n) is 4.05.